The van der Waals surface area contributed by atoms with E-state index in [1.165, 1.54) is 32.1 Å². The van der Waals surface area contributed by atoms with Crippen LogP contribution in [0.4, 0.5) is 5.69 Å². The Morgan fingerprint density at radius 3 is 2.87 bits per heavy atom. The zero-order valence-electron chi connectivity index (χ0n) is 9.08. The van der Waals surface area contributed by atoms with E-state index in [0.717, 1.165) is 11.4 Å². The lowest BCUT2D eigenvalue weighted by Gasteiger charge is -2.23. The van der Waals surface area contributed by atoms with Crippen LogP contribution in [0.2, 0.25) is 0 Å². The van der Waals surface area contributed by atoms with Gasteiger partial charge in [-0.05, 0) is 25.0 Å². The molecule has 0 aliphatic heterocycles. The molecule has 2 rings (SSSR count). The first kappa shape index (κ1) is 10.4. The normalized spacial score (nSPS) is 17.7. The van der Waals surface area contributed by atoms with Gasteiger partial charge < -0.3 is 11.1 Å². The molecule has 0 amide bonds. The standard InChI is InChI=1S/C12H19N3/c13-9-12-8-11(6-7-14-12)15-10-4-2-1-3-5-10/h6-8,10H,1-5,9,13H2,(H,14,15). The lowest BCUT2D eigenvalue weighted by molar-refractivity contribution is 0.462. The molecule has 82 valence electrons. The van der Waals surface area contributed by atoms with Gasteiger partial charge in [-0.2, -0.15) is 0 Å². The number of nitrogens with one attached hydrogen (secondary N) is 1. The minimum atomic E-state index is 0.514. The number of nitrogens with zero attached hydrogens (tertiary/aromatic N) is 1. The summed E-state index contributed by atoms with van der Waals surface area (Å²) >= 11 is 0. The van der Waals surface area contributed by atoms with E-state index < -0.39 is 0 Å². The Labute approximate surface area is 91.1 Å². The predicted octanol–water partition coefficient (Wildman–Crippen LogP) is 2.28. The SMILES string of the molecule is NCc1cc(NC2CCCCC2)ccn1. The van der Waals surface area contributed by atoms with Crippen molar-refractivity contribution < 1.29 is 0 Å². The Morgan fingerprint density at radius 1 is 1.33 bits per heavy atom. The Bertz CT molecular complexity index is 305. The summed E-state index contributed by atoms with van der Waals surface area (Å²) in [6.45, 7) is 0.514. The maximum absolute atomic E-state index is 5.56. The van der Waals surface area contributed by atoms with Crippen molar-refractivity contribution in [1.29, 1.82) is 0 Å². The van der Waals surface area contributed by atoms with Crippen molar-refractivity contribution >= 4 is 5.69 Å². The molecule has 1 fully saturated rings. The van der Waals surface area contributed by atoms with Gasteiger partial charge in [0.15, 0.2) is 0 Å². The zero-order chi connectivity index (χ0) is 10.5. The van der Waals surface area contributed by atoms with Crippen LogP contribution in [0.5, 0.6) is 0 Å². The van der Waals surface area contributed by atoms with Crippen LogP contribution < -0.4 is 11.1 Å². The van der Waals surface area contributed by atoms with Crippen LogP contribution >= 0.6 is 0 Å². The summed E-state index contributed by atoms with van der Waals surface area (Å²) in [7, 11) is 0. The van der Waals surface area contributed by atoms with E-state index in [1.807, 2.05) is 12.3 Å². The average Bonchev–Trinajstić information content (AvgIpc) is 2.31. The van der Waals surface area contributed by atoms with Crippen molar-refractivity contribution in [2.45, 2.75) is 44.7 Å². The van der Waals surface area contributed by atoms with E-state index >= 15 is 0 Å². The summed E-state index contributed by atoms with van der Waals surface area (Å²) in [6.07, 6.45) is 8.51. The van der Waals surface area contributed by atoms with Crippen LogP contribution in [0.3, 0.4) is 0 Å². The van der Waals surface area contributed by atoms with Crippen molar-refractivity contribution in [3.05, 3.63) is 24.0 Å². The van der Waals surface area contributed by atoms with Crippen LogP contribution in [-0.4, -0.2) is 11.0 Å². The van der Waals surface area contributed by atoms with Crippen molar-refractivity contribution in [2.75, 3.05) is 5.32 Å². The molecule has 1 saturated carbocycles. The van der Waals surface area contributed by atoms with Gasteiger partial charge in [0, 0.05) is 24.5 Å². The fourth-order valence-corrected chi connectivity index (χ4v) is 2.16. The predicted molar refractivity (Wildman–Crippen MR) is 62.6 cm³/mol. The number of hydrogen-bond donors (Lipinski definition) is 2. The summed E-state index contributed by atoms with van der Waals surface area (Å²) in [4.78, 5) is 4.19. The summed E-state index contributed by atoms with van der Waals surface area (Å²) in [5, 5.41) is 3.56. The molecular formula is C12H19N3. The molecular weight excluding hydrogens is 186 g/mol. The Morgan fingerprint density at radius 2 is 2.13 bits per heavy atom. The molecule has 1 aromatic heterocycles. The van der Waals surface area contributed by atoms with Gasteiger partial charge in [-0.3, -0.25) is 4.98 Å². The monoisotopic (exact) mass is 205 g/mol. The maximum Gasteiger partial charge on any atom is 0.0559 e. The molecule has 0 atom stereocenters. The summed E-state index contributed by atoms with van der Waals surface area (Å²) in [5.41, 5.74) is 7.68. The second kappa shape index (κ2) is 5.12. The van der Waals surface area contributed by atoms with Crippen molar-refractivity contribution in [2.24, 2.45) is 5.73 Å². The van der Waals surface area contributed by atoms with E-state index in [1.54, 1.807) is 0 Å². The van der Waals surface area contributed by atoms with Crippen molar-refractivity contribution in [1.82, 2.24) is 4.98 Å². The molecule has 3 N–H and O–H groups in total. The molecule has 0 bridgehead atoms. The van der Waals surface area contributed by atoms with Crippen molar-refractivity contribution in [3.8, 4) is 0 Å². The summed E-state index contributed by atoms with van der Waals surface area (Å²) < 4.78 is 0. The number of rotatable bonds is 3. The molecule has 0 aromatic carbocycles. The molecule has 15 heavy (non-hydrogen) atoms. The molecule has 1 aliphatic carbocycles. The highest BCUT2D eigenvalue weighted by Gasteiger charge is 2.12. The van der Waals surface area contributed by atoms with Gasteiger partial charge in [-0.15, -0.1) is 0 Å². The van der Waals surface area contributed by atoms with E-state index in [4.69, 9.17) is 5.73 Å². The lowest BCUT2D eigenvalue weighted by Crippen LogP contribution is -2.22. The molecule has 1 aromatic rings. The summed E-state index contributed by atoms with van der Waals surface area (Å²) in [5.74, 6) is 0. The molecule has 1 heterocycles. The highest BCUT2D eigenvalue weighted by Crippen LogP contribution is 2.21. The Hall–Kier alpha value is -1.09. The minimum absolute atomic E-state index is 0.514. The maximum atomic E-state index is 5.56. The van der Waals surface area contributed by atoms with Gasteiger partial charge in [0.2, 0.25) is 0 Å². The topological polar surface area (TPSA) is 50.9 Å². The van der Waals surface area contributed by atoms with E-state index in [2.05, 4.69) is 16.4 Å². The fourth-order valence-electron chi connectivity index (χ4n) is 2.16. The summed E-state index contributed by atoms with van der Waals surface area (Å²) in [6, 6.07) is 4.72. The number of hydrogen-bond acceptors (Lipinski definition) is 3. The van der Waals surface area contributed by atoms with Crippen molar-refractivity contribution in [3.63, 3.8) is 0 Å². The van der Waals surface area contributed by atoms with Gasteiger partial charge in [-0.25, -0.2) is 0 Å². The zero-order valence-corrected chi connectivity index (χ0v) is 9.08. The van der Waals surface area contributed by atoms with Gasteiger partial charge >= 0.3 is 0 Å². The Kier molecular flexibility index (Phi) is 3.56. The first-order valence-corrected chi connectivity index (χ1v) is 5.80. The highest BCUT2D eigenvalue weighted by molar-refractivity contribution is 5.44. The van der Waals surface area contributed by atoms with Crippen LogP contribution in [0.15, 0.2) is 18.3 Å². The second-order valence-corrected chi connectivity index (χ2v) is 4.22. The minimum Gasteiger partial charge on any atom is -0.382 e. The highest BCUT2D eigenvalue weighted by atomic mass is 14.9. The van der Waals surface area contributed by atoms with E-state index in [-0.39, 0.29) is 0 Å². The quantitative estimate of drug-likeness (QED) is 0.796. The molecule has 3 nitrogen and oxygen atoms in total. The first-order valence-electron chi connectivity index (χ1n) is 5.80. The average molecular weight is 205 g/mol. The third-order valence-corrected chi connectivity index (χ3v) is 3.00. The van der Waals surface area contributed by atoms with Crippen LogP contribution in [0.25, 0.3) is 0 Å². The van der Waals surface area contributed by atoms with Crippen LogP contribution in [0.1, 0.15) is 37.8 Å². The number of pyridine rings is 1. The molecule has 3 heteroatoms. The lowest BCUT2D eigenvalue weighted by atomic mass is 9.95. The largest absolute Gasteiger partial charge is 0.382 e. The number of nitrogens with two attached hydrogens (primary N) is 1. The second-order valence-electron chi connectivity index (χ2n) is 4.22. The number of anilines is 1. The van der Waals surface area contributed by atoms with E-state index in [9.17, 15) is 0 Å². The fraction of sp³-hybridized carbons (Fsp3) is 0.583. The van der Waals surface area contributed by atoms with Gasteiger partial charge in [0.1, 0.15) is 0 Å². The first-order chi connectivity index (χ1) is 7.38. The molecule has 0 spiro atoms. The van der Waals surface area contributed by atoms with Gasteiger partial charge in [0.05, 0.1) is 5.69 Å². The molecule has 0 unspecified atom stereocenters. The molecule has 1 aliphatic rings. The molecule has 0 radical (unpaired) electrons. The van der Waals surface area contributed by atoms with Crippen LogP contribution in [0, 0.1) is 0 Å². The number of aromatic nitrogens is 1. The van der Waals surface area contributed by atoms with Gasteiger partial charge in [-0.1, -0.05) is 19.3 Å². The third-order valence-electron chi connectivity index (χ3n) is 3.00. The third kappa shape index (κ3) is 2.93. The smallest absolute Gasteiger partial charge is 0.0559 e. The van der Waals surface area contributed by atoms with Crippen LogP contribution in [-0.2, 0) is 6.54 Å². The van der Waals surface area contributed by atoms with E-state index in [0.29, 0.717) is 12.6 Å². The molecule has 0 saturated heterocycles. The van der Waals surface area contributed by atoms with Gasteiger partial charge in [0.25, 0.3) is 0 Å². The Balaban J connectivity index is 1.96.